The number of nitrogens with two attached hydrogens (primary N) is 1. The van der Waals surface area contributed by atoms with E-state index in [4.69, 9.17) is 5.73 Å². The minimum Gasteiger partial charge on any atom is -0.398 e. The standard InChI is InChI=1S/C13H22FN3O2S/c1-9-7-11(14)13(8-12(9)15)20(18,19)16-10(2)5-6-17(3)4/h7-8,10,16H,5-6,15H2,1-4H3. The van der Waals surface area contributed by atoms with Crippen LogP contribution in [0.3, 0.4) is 0 Å². The van der Waals surface area contributed by atoms with Gasteiger partial charge in [-0.15, -0.1) is 0 Å². The summed E-state index contributed by atoms with van der Waals surface area (Å²) in [4.78, 5) is 1.55. The van der Waals surface area contributed by atoms with Gasteiger partial charge in [0.1, 0.15) is 10.7 Å². The summed E-state index contributed by atoms with van der Waals surface area (Å²) < 4.78 is 40.6. The molecule has 5 nitrogen and oxygen atoms in total. The van der Waals surface area contributed by atoms with Crippen molar-refractivity contribution in [3.8, 4) is 0 Å². The summed E-state index contributed by atoms with van der Waals surface area (Å²) in [5, 5.41) is 0. The van der Waals surface area contributed by atoms with Gasteiger partial charge in [0.2, 0.25) is 10.0 Å². The monoisotopic (exact) mass is 303 g/mol. The summed E-state index contributed by atoms with van der Waals surface area (Å²) in [5.74, 6) is -0.788. The minimum absolute atomic E-state index is 0.257. The molecule has 1 aromatic carbocycles. The molecule has 0 heterocycles. The summed E-state index contributed by atoms with van der Waals surface area (Å²) >= 11 is 0. The molecule has 0 saturated heterocycles. The smallest absolute Gasteiger partial charge is 0.243 e. The normalized spacial score (nSPS) is 13.7. The lowest BCUT2D eigenvalue weighted by Crippen LogP contribution is -2.35. The molecule has 1 rings (SSSR count). The van der Waals surface area contributed by atoms with Gasteiger partial charge in [-0.25, -0.2) is 17.5 Å². The van der Waals surface area contributed by atoms with Gasteiger partial charge in [-0.05, 0) is 58.6 Å². The fourth-order valence-corrected chi connectivity index (χ4v) is 3.09. The van der Waals surface area contributed by atoms with Gasteiger partial charge in [-0.1, -0.05) is 0 Å². The van der Waals surface area contributed by atoms with Crippen molar-refractivity contribution in [1.82, 2.24) is 9.62 Å². The molecule has 1 aromatic rings. The number of hydrogen-bond donors (Lipinski definition) is 2. The summed E-state index contributed by atoms with van der Waals surface area (Å²) in [6.07, 6.45) is 0.634. The molecule has 0 aromatic heterocycles. The number of anilines is 1. The lowest BCUT2D eigenvalue weighted by molar-refractivity contribution is 0.378. The molecule has 0 aliphatic rings. The summed E-state index contributed by atoms with van der Waals surface area (Å²) in [5.41, 5.74) is 6.42. The first kappa shape index (κ1) is 16.9. The SMILES string of the molecule is Cc1cc(F)c(S(=O)(=O)NC(C)CCN(C)C)cc1N. The van der Waals surface area contributed by atoms with Crippen LogP contribution >= 0.6 is 0 Å². The van der Waals surface area contributed by atoms with Gasteiger partial charge in [0.05, 0.1) is 0 Å². The molecule has 0 radical (unpaired) electrons. The lowest BCUT2D eigenvalue weighted by atomic mass is 10.2. The van der Waals surface area contributed by atoms with E-state index in [1.807, 2.05) is 19.0 Å². The van der Waals surface area contributed by atoms with Crippen molar-refractivity contribution in [3.05, 3.63) is 23.5 Å². The Kier molecular flexibility index (Phi) is 5.50. The van der Waals surface area contributed by atoms with E-state index in [9.17, 15) is 12.8 Å². The van der Waals surface area contributed by atoms with Gasteiger partial charge in [0, 0.05) is 11.7 Å². The van der Waals surface area contributed by atoms with Crippen LogP contribution < -0.4 is 10.5 Å². The molecule has 114 valence electrons. The van der Waals surface area contributed by atoms with E-state index < -0.39 is 20.7 Å². The number of nitrogens with one attached hydrogen (secondary N) is 1. The summed E-state index contributed by atoms with van der Waals surface area (Å²) in [7, 11) is -0.0922. The Bertz CT molecular complexity index is 573. The molecule has 7 heteroatoms. The average Bonchev–Trinajstić information content (AvgIpc) is 2.30. The molecule has 0 fully saturated rings. The highest BCUT2D eigenvalue weighted by molar-refractivity contribution is 7.89. The van der Waals surface area contributed by atoms with Crippen molar-refractivity contribution in [2.45, 2.75) is 31.2 Å². The third-order valence-corrected chi connectivity index (χ3v) is 4.58. The van der Waals surface area contributed by atoms with E-state index in [0.717, 1.165) is 18.7 Å². The highest BCUT2D eigenvalue weighted by atomic mass is 32.2. The highest BCUT2D eigenvalue weighted by Gasteiger charge is 2.22. The van der Waals surface area contributed by atoms with Gasteiger partial charge >= 0.3 is 0 Å². The van der Waals surface area contributed by atoms with E-state index >= 15 is 0 Å². The number of rotatable bonds is 6. The Morgan fingerprint density at radius 1 is 1.40 bits per heavy atom. The third-order valence-electron chi connectivity index (χ3n) is 2.98. The van der Waals surface area contributed by atoms with Crippen molar-refractivity contribution in [2.24, 2.45) is 0 Å². The van der Waals surface area contributed by atoms with Gasteiger partial charge in [-0.3, -0.25) is 0 Å². The molecule has 0 saturated carbocycles. The number of nitrogen functional groups attached to an aromatic ring is 1. The largest absolute Gasteiger partial charge is 0.398 e. The van der Waals surface area contributed by atoms with Crippen LogP contribution in [0, 0.1) is 12.7 Å². The second-order valence-corrected chi connectivity index (χ2v) is 6.94. The topological polar surface area (TPSA) is 75.4 Å². The van der Waals surface area contributed by atoms with Crippen LogP contribution in [0.1, 0.15) is 18.9 Å². The molecule has 0 spiro atoms. The van der Waals surface area contributed by atoms with Crippen molar-refractivity contribution in [2.75, 3.05) is 26.4 Å². The Morgan fingerprint density at radius 3 is 2.55 bits per heavy atom. The van der Waals surface area contributed by atoms with E-state index in [2.05, 4.69) is 4.72 Å². The molecule has 20 heavy (non-hydrogen) atoms. The van der Waals surface area contributed by atoms with Crippen molar-refractivity contribution < 1.29 is 12.8 Å². The number of benzene rings is 1. The predicted molar refractivity (Wildman–Crippen MR) is 78.5 cm³/mol. The van der Waals surface area contributed by atoms with Crippen LogP contribution in [-0.4, -0.2) is 40.0 Å². The molecule has 0 aliphatic carbocycles. The fourth-order valence-electron chi connectivity index (χ4n) is 1.71. The van der Waals surface area contributed by atoms with E-state index in [1.165, 1.54) is 0 Å². The number of aryl methyl sites for hydroxylation is 1. The number of halogens is 1. The van der Waals surface area contributed by atoms with Crippen LogP contribution in [0.25, 0.3) is 0 Å². The molecule has 0 aliphatic heterocycles. The summed E-state index contributed by atoms with van der Waals surface area (Å²) in [6, 6.07) is 2.00. The molecular formula is C13H22FN3O2S. The van der Waals surface area contributed by atoms with Gasteiger partial charge in [-0.2, -0.15) is 0 Å². The second-order valence-electron chi connectivity index (χ2n) is 5.25. The maximum absolute atomic E-state index is 13.8. The van der Waals surface area contributed by atoms with Crippen LogP contribution in [0.2, 0.25) is 0 Å². The van der Waals surface area contributed by atoms with Crippen molar-refractivity contribution >= 4 is 15.7 Å². The van der Waals surface area contributed by atoms with Gasteiger partial charge in [0.25, 0.3) is 0 Å². The molecule has 0 amide bonds. The first-order valence-electron chi connectivity index (χ1n) is 6.36. The van der Waals surface area contributed by atoms with Crippen LogP contribution in [0.15, 0.2) is 17.0 Å². The maximum Gasteiger partial charge on any atom is 0.243 e. The van der Waals surface area contributed by atoms with Crippen molar-refractivity contribution in [3.63, 3.8) is 0 Å². The summed E-state index contributed by atoms with van der Waals surface area (Å²) in [6.45, 7) is 4.11. The fraction of sp³-hybridized carbons (Fsp3) is 0.538. The molecule has 1 atom stereocenters. The quantitative estimate of drug-likeness (QED) is 0.778. The Morgan fingerprint density at radius 2 is 2.00 bits per heavy atom. The number of hydrogen-bond acceptors (Lipinski definition) is 4. The Labute approximate surface area is 120 Å². The predicted octanol–water partition coefficient (Wildman–Crippen LogP) is 1.33. The molecule has 0 bridgehead atoms. The van der Waals surface area contributed by atoms with E-state index in [-0.39, 0.29) is 11.7 Å². The minimum atomic E-state index is -3.90. The van der Waals surface area contributed by atoms with Crippen molar-refractivity contribution in [1.29, 1.82) is 0 Å². The Hall–Kier alpha value is -1.18. The average molecular weight is 303 g/mol. The van der Waals surface area contributed by atoms with E-state index in [0.29, 0.717) is 12.0 Å². The van der Waals surface area contributed by atoms with Crippen LogP contribution in [-0.2, 0) is 10.0 Å². The van der Waals surface area contributed by atoms with Crippen LogP contribution in [0.4, 0.5) is 10.1 Å². The maximum atomic E-state index is 13.8. The molecule has 3 N–H and O–H groups in total. The molecule has 1 unspecified atom stereocenters. The van der Waals surface area contributed by atoms with E-state index in [1.54, 1.807) is 13.8 Å². The second kappa shape index (κ2) is 6.51. The number of nitrogens with zero attached hydrogens (tertiary/aromatic N) is 1. The van der Waals surface area contributed by atoms with Gasteiger partial charge < -0.3 is 10.6 Å². The zero-order valence-electron chi connectivity index (χ0n) is 12.3. The Balaban J connectivity index is 2.92. The van der Waals surface area contributed by atoms with Crippen LogP contribution in [0.5, 0.6) is 0 Å². The lowest BCUT2D eigenvalue weighted by Gasteiger charge is -2.17. The third kappa shape index (κ3) is 4.43. The highest BCUT2D eigenvalue weighted by Crippen LogP contribution is 2.21. The number of sulfonamides is 1. The zero-order valence-corrected chi connectivity index (χ0v) is 13.1. The zero-order chi connectivity index (χ0) is 15.5. The first-order valence-corrected chi connectivity index (χ1v) is 7.84. The molecular weight excluding hydrogens is 281 g/mol. The van der Waals surface area contributed by atoms with Gasteiger partial charge in [0.15, 0.2) is 0 Å². The first-order chi connectivity index (χ1) is 9.13.